The molecule has 2 atom stereocenters. The van der Waals surface area contributed by atoms with Gasteiger partial charge in [0.1, 0.15) is 12.1 Å². The van der Waals surface area contributed by atoms with Gasteiger partial charge in [-0.3, -0.25) is 14.4 Å². The molecule has 0 aromatic heterocycles. The van der Waals surface area contributed by atoms with Gasteiger partial charge in [0.05, 0.1) is 6.54 Å². The minimum Gasteiger partial charge on any atom is -0.368 e. The number of urea groups is 1. The van der Waals surface area contributed by atoms with E-state index in [-0.39, 0.29) is 37.0 Å². The summed E-state index contributed by atoms with van der Waals surface area (Å²) in [6.45, 7) is 6.09. The fourth-order valence-electron chi connectivity index (χ4n) is 5.38. The van der Waals surface area contributed by atoms with Crippen LogP contribution in [0.3, 0.4) is 0 Å². The molecule has 1 saturated carbocycles. The zero-order valence-electron chi connectivity index (χ0n) is 20.7. The molecule has 0 bridgehead atoms. The summed E-state index contributed by atoms with van der Waals surface area (Å²) in [5.41, 5.74) is 5.65. The van der Waals surface area contributed by atoms with Crippen LogP contribution in [0.2, 0.25) is 0 Å². The third-order valence-corrected chi connectivity index (χ3v) is 7.31. The van der Waals surface area contributed by atoms with E-state index in [4.69, 9.17) is 5.73 Å². The summed E-state index contributed by atoms with van der Waals surface area (Å²) >= 11 is 0. The molecule has 0 aromatic rings. The van der Waals surface area contributed by atoms with Crippen molar-refractivity contribution in [2.75, 3.05) is 32.7 Å². The van der Waals surface area contributed by atoms with Crippen LogP contribution in [-0.2, 0) is 14.4 Å². The lowest BCUT2D eigenvalue weighted by molar-refractivity contribution is -0.142. The number of rotatable bonds is 7. The smallest absolute Gasteiger partial charge is 0.318 e. The normalized spacial score (nSPS) is 23.4. The van der Waals surface area contributed by atoms with Crippen molar-refractivity contribution in [1.29, 1.82) is 0 Å². The molecular weight excluding hydrogens is 436 g/mol. The molecule has 0 unspecified atom stereocenters. The Hall–Kier alpha value is -2.36. The van der Waals surface area contributed by atoms with Gasteiger partial charge in [0.2, 0.25) is 17.7 Å². The Morgan fingerprint density at radius 2 is 1.65 bits per heavy atom. The minimum atomic E-state index is -0.869. The summed E-state index contributed by atoms with van der Waals surface area (Å²) < 4.78 is 0. The average Bonchev–Trinajstić information content (AvgIpc) is 2.83. The van der Waals surface area contributed by atoms with Gasteiger partial charge in [-0.1, -0.05) is 32.1 Å². The highest BCUT2D eigenvalue weighted by Crippen LogP contribution is 2.27. The SMILES string of the molecule is CC(C)NC(=O)N1CCN(C(=O)C2CCNCC2)C[C@@H]1C(=O)N[C@@H](CC1CCCCC1)C(N)=O. The Kier molecular flexibility index (Phi) is 9.55. The molecule has 0 radical (unpaired) electrons. The monoisotopic (exact) mass is 478 g/mol. The van der Waals surface area contributed by atoms with Crippen LogP contribution < -0.4 is 21.7 Å². The lowest BCUT2D eigenvalue weighted by Crippen LogP contribution is -2.65. The van der Waals surface area contributed by atoms with Crippen molar-refractivity contribution in [3.8, 4) is 0 Å². The predicted octanol–water partition coefficient (Wildman–Crippen LogP) is 0.557. The number of nitrogens with two attached hydrogens (primary N) is 1. The van der Waals surface area contributed by atoms with Crippen molar-refractivity contribution in [2.45, 2.75) is 83.3 Å². The first-order chi connectivity index (χ1) is 16.3. The number of piperazine rings is 1. The summed E-state index contributed by atoms with van der Waals surface area (Å²) in [5.74, 6) is -0.657. The van der Waals surface area contributed by atoms with E-state index in [1.807, 2.05) is 13.8 Å². The average molecular weight is 479 g/mol. The van der Waals surface area contributed by atoms with Crippen LogP contribution in [0.25, 0.3) is 0 Å². The fraction of sp³-hybridized carbons (Fsp3) is 0.833. The third-order valence-electron chi connectivity index (χ3n) is 7.31. The molecule has 5 N–H and O–H groups in total. The highest BCUT2D eigenvalue weighted by atomic mass is 16.2. The summed E-state index contributed by atoms with van der Waals surface area (Å²) in [7, 11) is 0. The summed E-state index contributed by atoms with van der Waals surface area (Å²) in [6, 6.07) is -2.07. The second-order valence-electron chi connectivity index (χ2n) is 10.3. The maximum Gasteiger partial charge on any atom is 0.318 e. The number of piperidine rings is 1. The maximum atomic E-state index is 13.4. The molecule has 2 saturated heterocycles. The molecule has 10 heteroatoms. The van der Waals surface area contributed by atoms with Gasteiger partial charge in [-0.2, -0.15) is 0 Å². The van der Waals surface area contributed by atoms with E-state index in [0.717, 1.165) is 51.6 Å². The largest absolute Gasteiger partial charge is 0.368 e. The molecule has 10 nitrogen and oxygen atoms in total. The van der Waals surface area contributed by atoms with Crippen molar-refractivity contribution in [1.82, 2.24) is 25.8 Å². The lowest BCUT2D eigenvalue weighted by Gasteiger charge is -2.42. The summed E-state index contributed by atoms with van der Waals surface area (Å²) in [5, 5.41) is 8.94. The van der Waals surface area contributed by atoms with Crippen molar-refractivity contribution in [3.63, 3.8) is 0 Å². The molecule has 3 fully saturated rings. The van der Waals surface area contributed by atoms with Gasteiger partial charge >= 0.3 is 6.03 Å². The highest BCUT2D eigenvalue weighted by Gasteiger charge is 2.40. The molecule has 0 spiro atoms. The molecule has 1 aliphatic carbocycles. The Labute approximate surface area is 202 Å². The van der Waals surface area contributed by atoms with Gasteiger partial charge in [-0.05, 0) is 52.1 Å². The maximum absolute atomic E-state index is 13.4. The molecule has 0 aromatic carbocycles. The number of nitrogens with one attached hydrogen (secondary N) is 3. The lowest BCUT2D eigenvalue weighted by atomic mass is 9.84. The molecule has 3 aliphatic rings. The van der Waals surface area contributed by atoms with Gasteiger partial charge in [0, 0.05) is 25.0 Å². The van der Waals surface area contributed by atoms with Crippen LogP contribution in [0.1, 0.15) is 65.2 Å². The molecule has 2 heterocycles. The number of hydrogen-bond acceptors (Lipinski definition) is 5. The Morgan fingerprint density at radius 1 is 0.971 bits per heavy atom. The van der Waals surface area contributed by atoms with Crippen molar-refractivity contribution in [3.05, 3.63) is 0 Å². The van der Waals surface area contributed by atoms with E-state index in [2.05, 4.69) is 16.0 Å². The van der Waals surface area contributed by atoms with Gasteiger partial charge in [-0.15, -0.1) is 0 Å². The number of carbonyl (C=O) groups excluding carboxylic acids is 4. The van der Waals surface area contributed by atoms with Crippen molar-refractivity contribution < 1.29 is 19.2 Å². The topological polar surface area (TPSA) is 137 Å². The Morgan fingerprint density at radius 3 is 2.26 bits per heavy atom. The summed E-state index contributed by atoms with van der Waals surface area (Å²) in [4.78, 5) is 54.8. The first-order valence-corrected chi connectivity index (χ1v) is 12.9. The van der Waals surface area contributed by atoms with Crippen LogP contribution in [-0.4, -0.2) is 84.4 Å². The summed E-state index contributed by atoms with van der Waals surface area (Å²) in [6.07, 6.45) is 7.59. The van der Waals surface area contributed by atoms with Gasteiger partial charge in [0.15, 0.2) is 0 Å². The van der Waals surface area contributed by atoms with Crippen molar-refractivity contribution >= 4 is 23.8 Å². The third kappa shape index (κ3) is 7.07. The zero-order valence-corrected chi connectivity index (χ0v) is 20.7. The van der Waals surface area contributed by atoms with Gasteiger partial charge < -0.3 is 31.5 Å². The van der Waals surface area contributed by atoms with Gasteiger partial charge in [-0.25, -0.2) is 4.79 Å². The number of nitrogens with zero attached hydrogens (tertiary/aromatic N) is 2. The van der Waals surface area contributed by atoms with E-state index in [1.54, 1.807) is 4.90 Å². The number of hydrogen-bond donors (Lipinski definition) is 4. The van der Waals surface area contributed by atoms with Crippen LogP contribution in [0, 0.1) is 11.8 Å². The van der Waals surface area contributed by atoms with E-state index in [0.29, 0.717) is 18.9 Å². The molecule has 192 valence electrons. The molecule has 3 rings (SSSR count). The minimum absolute atomic E-state index is 0.0388. The van der Waals surface area contributed by atoms with Gasteiger partial charge in [0.25, 0.3) is 0 Å². The van der Waals surface area contributed by atoms with E-state index >= 15 is 0 Å². The highest BCUT2D eigenvalue weighted by molar-refractivity contribution is 5.92. The molecule has 34 heavy (non-hydrogen) atoms. The molecular formula is C24H42N6O4. The van der Waals surface area contributed by atoms with Crippen LogP contribution in [0.4, 0.5) is 4.79 Å². The number of amides is 5. The second kappa shape index (κ2) is 12.4. The number of carbonyl (C=O) groups is 4. The van der Waals surface area contributed by atoms with Crippen LogP contribution in [0.15, 0.2) is 0 Å². The van der Waals surface area contributed by atoms with E-state index < -0.39 is 23.9 Å². The quantitative estimate of drug-likeness (QED) is 0.424. The second-order valence-corrected chi connectivity index (χ2v) is 10.3. The number of primary amides is 1. The Bertz CT molecular complexity index is 733. The first kappa shape index (κ1) is 26.2. The predicted molar refractivity (Wildman–Crippen MR) is 129 cm³/mol. The van der Waals surface area contributed by atoms with E-state index in [9.17, 15) is 19.2 Å². The van der Waals surface area contributed by atoms with E-state index in [1.165, 1.54) is 11.3 Å². The molecule has 2 aliphatic heterocycles. The fourth-order valence-corrected chi connectivity index (χ4v) is 5.38. The standard InChI is InChI=1S/C24H42N6O4/c1-16(2)27-24(34)30-13-12-29(23(33)18-8-10-26-11-9-18)15-20(30)22(32)28-19(21(25)31)14-17-6-4-3-5-7-17/h16-20,26H,3-15H2,1-2H3,(H2,25,31)(H,27,34)(H,28,32)/t19-,20+/m0/s1. The zero-order chi connectivity index (χ0) is 24.7. The Balaban J connectivity index is 1.71. The van der Waals surface area contributed by atoms with Crippen molar-refractivity contribution in [2.24, 2.45) is 17.6 Å². The first-order valence-electron chi connectivity index (χ1n) is 12.9. The van der Waals surface area contributed by atoms with Crippen LogP contribution in [0.5, 0.6) is 0 Å². The molecule has 5 amide bonds. The van der Waals surface area contributed by atoms with Crippen LogP contribution >= 0.6 is 0 Å².